The number of hydrogen-bond donors (Lipinski definition) is 0. The fraction of sp³-hybridized carbons (Fsp3) is 0.294. The summed E-state index contributed by atoms with van der Waals surface area (Å²) in [5.41, 5.74) is 0.921. The molecular formula is C17H20BrNO4S. The van der Waals surface area contributed by atoms with Crippen LogP contribution in [0.15, 0.2) is 57.9 Å². The monoisotopic (exact) mass is 413 g/mol. The van der Waals surface area contributed by atoms with Crippen molar-refractivity contribution < 1.29 is 17.9 Å². The summed E-state index contributed by atoms with van der Waals surface area (Å²) in [4.78, 5) is 0.210. The highest BCUT2D eigenvalue weighted by atomic mass is 79.9. The van der Waals surface area contributed by atoms with Gasteiger partial charge in [-0.2, -0.15) is 4.31 Å². The highest BCUT2D eigenvalue weighted by Crippen LogP contribution is 2.29. The van der Waals surface area contributed by atoms with E-state index in [1.807, 2.05) is 30.3 Å². The average Bonchev–Trinajstić information content (AvgIpc) is 2.59. The summed E-state index contributed by atoms with van der Waals surface area (Å²) in [6.45, 7) is 0.886. The van der Waals surface area contributed by atoms with E-state index in [2.05, 4.69) is 15.9 Å². The van der Waals surface area contributed by atoms with Gasteiger partial charge in [0, 0.05) is 20.2 Å². The second-order valence-electron chi connectivity index (χ2n) is 5.11. The second-order valence-corrected chi connectivity index (χ2v) is 7.91. The van der Waals surface area contributed by atoms with E-state index in [-0.39, 0.29) is 18.0 Å². The van der Waals surface area contributed by atoms with E-state index in [0.29, 0.717) is 16.8 Å². The molecule has 0 aliphatic heterocycles. The van der Waals surface area contributed by atoms with Crippen LogP contribution in [0.25, 0.3) is 0 Å². The lowest BCUT2D eigenvalue weighted by molar-refractivity contribution is 0.177. The minimum Gasteiger partial charge on any atom is -0.496 e. The van der Waals surface area contributed by atoms with Crippen LogP contribution in [-0.2, 0) is 21.3 Å². The molecule has 0 radical (unpaired) electrons. The molecule has 2 rings (SSSR count). The number of benzene rings is 2. The zero-order valence-corrected chi connectivity index (χ0v) is 16.0. The van der Waals surface area contributed by atoms with Gasteiger partial charge in [0.05, 0.1) is 23.1 Å². The number of sulfonamides is 1. The first-order valence-corrected chi connectivity index (χ1v) is 9.59. The molecule has 130 valence electrons. The van der Waals surface area contributed by atoms with Gasteiger partial charge in [-0.25, -0.2) is 8.42 Å². The molecule has 0 saturated carbocycles. The number of hydrogen-bond acceptors (Lipinski definition) is 4. The van der Waals surface area contributed by atoms with Gasteiger partial charge in [-0.15, -0.1) is 0 Å². The van der Waals surface area contributed by atoms with Gasteiger partial charge in [0.25, 0.3) is 0 Å². The smallest absolute Gasteiger partial charge is 0.243 e. The topological polar surface area (TPSA) is 55.8 Å². The van der Waals surface area contributed by atoms with Crippen LogP contribution in [0.3, 0.4) is 0 Å². The third-order valence-corrected chi connectivity index (χ3v) is 5.97. The molecule has 0 aliphatic rings. The molecule has 0 saturated heterocycles. The van der Waals surface area contributed by atoms with Crippen LogP contribution >= 0.6 is 15.9 Å². The quantitative estimate of drug-likeness (QED) is 0.665. The summed E-state index contributed by atoms with van der Waals surface area (Å²) in [5, 5.41) is 0. The molecule has 0 aromatic heterocycles. The van der Waals surface area contributed by atoms with Crippen molar-refractivity contribution in [1.82, 2.24) is 4.31 Å². The highest BCUT2D eigenvalue weighted by Gasteiger charge is 2.25. The van der Waals surface area contributed by atoms with E-state index in [9.17, 15) is 8.42 Å². The molecule has 2 aromatic carbocycles. The van der Waals surface area contributed by atoms with E-state index in [1.165, 1.54) is 11.4 Å². The maximum Gasteiger partial charge on any atom is 0.243 e. The summed E-state index contributed by atoms with van der Waals surface area (Å²) < 4.78 is 38.2. The van der Waals surface area contributed by atoms with Crippen LogP contribution in [0.1, 0.15) is 5.56 Å². The molecule has 0 aliphatic carbocycles. The van der Waals surface area contributed by atoms with Crippen LogP contribution in [0.2, 0.25) is 0 Å². The molecule has 0 amide bonds. The summed E-state index contributed by atoms with van der Waals surface area (Å²) in [7, 11) is -0.562. The van der Waals surface area contributed by atoms with E-state index in [0.717, 1.165) is 5.56 Å². The van der Waals surface area contributed by atoms with Crippen molar-refractivity contribution in [3.05, 3.63) is 58.6 Å². The zero-order valence-electron chi connectivity index (χ0n) is 13.6. The molecule has 0 fully saturated rings. The Kier molecular flexibility index (Phi) is 6.79. The molecule has 0 bridgehead atoms. The van der Waals surface area contributed by atoms with Crippen molar-refractivity contribution in [2.45, 2.75) is 11.4 Å². The normalized spacial score (nSPS) is 11.7. The Bertz CT molecular complexity index is 765. The Labute approximate surface area is 151 Å². The fourth-order valence-electron chi connectivity index (χ4n) is 2.22. The first kappa shape index (κ1) is 18.9. The molecular weight excluding hydrogens is 394 g/mol. The molecule has 7 heteroatoms. The van der Waals surface area contributed by atoms with Crippen LogP contribution in [0.4, 0.5) is 0 Å². The number of ether oxygens (including phenoxy) is 2. The van der Waals surface area contributed by atoms with Crippen LogP contribution in [0, 0.1) is 0 Å². The van der Waals surface area contributed by atoms with Crippen molar-refractivity contribution in [2.75, 3.05) is 27.4 Å². The third kappa shape index (κ3) is 4.57. The molecule has 2 aromatic rings. The van der Waals surface area contributed by atoms with Crippen molar-refractivity contribution in [2.24, 2.45) is 0 Å². The number of nitrogens with zero attached hydrogens (tertiary/aromatic N) is 1. The Morgan fingerprint density at radius 3 is 2.38 bits per heavy atom. The SMILES string of the molecule is COCCN(Cc1ccccc1)S(=O)(=O)c1ccc(OC)c(Br)c1. The van der Waals surface area contributed by atoms with Crippen LogP contribution < -0.4 is 4.74 Å². The maximum atomic E-state index is 13.0. The third-order valence-electron chi connectivity index (χ3n) is 3.51. The van der Waals surface area contributed by atoms with E-state index >= 15 is 0 Å². The van der Waals surface area contributed by atoms with Gasteiger partial charge in [-0.05, 0) is 39.7 Å². The highest BCUT2D eigenvalue weighted by molar-refractivity contribution is 9.10. The minimum absolute atomic E-state index is 0.210. The molecule has 5 nitrogen and oxygen atoms in total. The number of rotatable bonds is 8. The Morgan fingerprint density at radius 2 is 1.79 bits per heavy atom. The van der Waals surface area contributed by atoms with Crippen molar-refractivity contribution >= 4 is 26.0 Å². The maximum absolute atomic E-state index is 13.0. The Balaban J connectivity index is 2.34. The molecule has 0 heterocycles. The minimum atomic E-state index is -3.65. The lowest BCUT2D eigenvalue weighted by atomic mass is 10.2. The largest absolute Gasteiger partial charge is 0.496 e. The van der Waals surface area contributed by atoms with Crippen LogP contribution in [0.5, 0.6) is 5.75 Å². The van der Waals surface area contributed by atoms with Crippen molar-refractivity contribution in [3.8, 4) is 5.75 Å². The first-order valence-electron chi connectivity index (χ1n) is 7.35. The first-order chi connectivity index (χ1) is 11.5. The van der Waals surface area contributed by atoms with Gasteiger partial charge < -0.3 is 9.47 Å². The number of methoxy groups -OCH3 is 2. The molecule has 24 heavy (non-hydrogen) atoms. The molecule has 0 spiro atoms. The Morgan fingerprint density at radius 1 is 1.08 bits per heavy atom. The number of halogens is 1. The summed E-state index contributed by atoms with van der Waals surface area (Å²) in [6, 6.07) is 14.2. The summed E-state index contributed by atoms with van der Waals surface area (Å²) in [5.74, 6) is 0.584. The predicted molar refractivity (Wildman–Crippen MR) is 96.6 cm³/mol. The summed E-state index contributed by atoms with van der Waals surface area (Å²) >= 11 is 3.34. The zero-order chi connectivity index (χ0) is 17.6. The molecule has 0 N–H and O–H groups in total. The van der Waals surface area contributed by atoms with Crippen molar-refractivity contribution in [1.29, 1.82) is 0 Å². The van der Waals surface area contributed by atoms with Crippen LogP contribution in [-0.4, -0.2) is 40.1 Å². The Hall–Kier alpha value is -1.41. The average molecular weight is 414 g/mol. The lowest BCUT2D eigenvalue weighted by Crippen LogP contribution is -2.33. The van der Waals surface area contributed by atoms with Gasteiger partial charge in [0.2, 0.25) is 10.0 Å². The van der Waals surface area contributed by atoms with E-state index in [4.69, 9.17) is 9.47 Å². The second kappa shape index (κ2) is 8.62. The van der Waals surface area contributed by atoms with Gasteiger partial charge >= 0.3 is 0 Å². The molecule has 0 unspecified atom stereocenters. The molecule has 0 atom stereocenters. The summed E-state index contributed by atoms with van der Waals surface area (Å²) in [6.07, 6.45) is 0. The lowest BCUT2D eigenvalue weighted by Gasteiger charge is -2.22. The standard InChI is InChI=1S/C17H20BrNO4S/c1-22-11-10-19(13-14-6-4-3-5-7-14)24(20,21)15-8-9-17(23-2)16(18)12-15/h3-9,12H,10-11,13H2,1-2H3. The van der Waals surface area contributed by atoms with Gasteiger partial charge in [0.15, 0.2) is 0 Å². The van der Waals surface area contributed by atoms with Crippen molar-refractivity contribution in [3.63, 3.8) is 0 Å². The predicted octanol–water partition coefficient (Wildman–Crippen LogP) is 3.30. The van der Waals surface area contributed by atoms with E-state index in [1.54, 1.807) is 25.3 Å². The van der Waals surface area contributed by atoms with Gasteiger partial charge in [-0.1, -0.05) is 30.3 Å². The van der Waals surface area contributed by atoms with Gasteiger partial charge in [0.1, 0.15) is 5.75 Å². The van der Waals surface area contributed by atoms with E-state index < -0.39 is 10.0 Å². The fourth-order valence-corrected chi connectivity index (χ4v) is 4.35. The van der Waals surface area contributed by atoms with Gasteiger partial charge in [-0.3, -0.25) is 0 Å².